The van der Waals surface area contributed by atoms with Crippen molar-refractivity contribution in [2.45, 2.75) is 19.6 Å². The molecule has 0 saturated carbocycles. The van der Waals surface area contributed by atoms with Crippen LogP contribution < -0.4 is 5.32 Å². The molecular formula is C20H18N4O2. The van der Waals surface area contributed by atoms with Crippen molar-refractivity contribution in [3.63, 3.8) is 0 Å². The van der Waals surface area contributed by atoms with Gasteiger partial charge in [-0.1, -0.05) is 12.1 Å². The summed E-state index contributed by atoms with van der Waals surface area (Å²) in [4.78, 5) is 14.9. The van der Waals surface area contributed by atoms with Crippen LogP contribution >= 0.6 is 0 Å². The molecule has 0 aliphatic carbocycles. The Balaban J connectivity index is 1.82. The van der Waals surface area contributed by atoms with E-state index in [4.69, 9.17) is 4.42 Å². The number of carbonyl (C=O) groups excluding carboxylic acids is 1. The fourth-order valence-electron chi connectivity index (χ4n) is 3.38. The molecule has 0 fully saturated rings. The molecule has 6 nitrogen and oxygen atoms in total. The number of nitriles is 1. The molecule has 6 heteroatoms. The smallest absolute Gasteiger partial charge is 0.258 e. The Morgan fingerprint density at radius 1 is 1.27 bits per heavy atom. The highest BCUT2D eigenvalue weighted by Gasteiger charge is 2.35. The quantitative estimate of drug-likeness (QED) is 0.787. The zero-order valence-corrected chi connectivity index (χ0v) is 14.6. The average Bonchev–Trinajstić information content (AvgIpc) is 3.26. The number of nitrogens with one attached hydrogen (secondary N) is 1. The van der Waals surface area contributed by atoms with Gasteiger partial charge >= 0.3 is 0 Å². The van der Waals surface area contributed by atoms with Crippen LogP contribution in [0.1, 0.15) is 39.2 Å². The number of para-hydroxylation sites is 1. The molecule has 2 aromatic heterocycles. The minimum Gasteiger partial charge on any atom is -0.467 e. The van der Waals surface area contributed by atoms with Crippen LogP contribution in [-0.2, 0) is 13.6 Å². The molecule has 0 bridgehead atoms. The Hall–Kier alpha value is -3.46. The summed E-state index contributed by atoms with van der Waals surface area (Å²) >= 11 is 0. The first-order valence-electron chi connectivity index (χ1n) is 8.35. The van der Waals surface area contributed by atoms with E-state index < -0.39 is 0 Å². The van der Waals surface area contributed by atoms with E-state index in [2.05, 4.69) is 11.4 Å². The molecule has 4 rings (SSSR count). The van der Waals surface area contributed by atoms with Gasteiger partial charge in [0.2, 0.25) is 0 Å². The summed E-state index contributed by atoms with van der Waals surface area (Å²) in [5.74, 6) is 0.640. The standard InChI is InChI=1S/C20H18N4O2/c1-13-17(10-14(11-21)23(13)2)19-22-18-8-4-3-7-16(18)20(25)24(19)12-15-6-5-9-26-15/h3-10,19,22H,12H2,1-2H3/t19-/m1/s1. The fourth-order valence-corrected chi connectivity index (χ4v) is 3.38. The number of carbonyl (C=O) groups is 1. The molecule has 1 amide bonds. The predicted octanol–water partition coefficient (Wildman–Crippen LogP) is 3.56. The molecule has 3 aromatic rings. The summed E-state index contributed by atoms with van der Waals surface area (Å²) in [7, 11) is 1.85. The SMILES string of the molecule is Cc1c([C@@H]2Nc3ccccc3C(=O)N2Cc2ccco2)cc(C#N)n1C. The number of fused-ring (bicyclic) bond motifs is 1. The van der Waals surface area contributed by atoms with Crippen molar-refractivity contribution in [3.05, 3.63) is 77.0 Å². The maximum atomic E-state index is 13.2. The molecule has 26 heavy (non-hydrogen) atoms. The van der Waals surface area contributed by atoms with Gasteiger partial charge in [0.25, 0.3) is 5.91 Å². The minimum absolute atomic E-state index is 0.0671. The molecule has 0 saturated heterocycles. The summed E-state index contributed by atoms with van der Waals surface area (Å²) in [6, 6.07) is 15.2. The lowest BCUT2D eigenvalue weighted by atomic mass is 10.0. The first-order valence-corrected chi connectivity index (χ1v) is 8.35. The molecular weight excluding hydrogens is 328 g/mol. The topological polar surface area (TPSA) is 74.2 Å². The van der Waals surface area contributed by atoms with E-state index in [9.17, 15) is 10.1 Å². The van der Waals surface area contributed by atoms with Crippen molar-refractivity contribution in [1.82, 2.24) is 9.47 Å². The molecule has 130 valence electrons. The lowest BCUT2D eigenvalue weighted by molar-refractivity contribution is 0.0651. The van der Waals surface area contributed by atoms with Crippen LogP contribution in [0.15, 0.2) is 53.1 Å². The van der Waals surface area contributed by atoms with Crippen LogP contribution in [0.5, 0.6) is 0 Å². The second-order valence-electron chi connectivity index (χ2n) is 6.35. The van der Waals surface area contributed by atoms with Crippen molar-refractivity contribution in [2.24, 2.45) is 7.05 Å². The van der Waals surface area contributed by atoms with Gasteiger partial charge in [-0.25, -0.2) is 0 Å². The third-order valence-corrected chi connectivity index (χ3v) is 4.91. The summed E-state index contributed by atoms with van der Waals surface area (Å²) in [6.07, 6.45) is 1.22. The zero-order chi connectivity index (χ0) is 18.3. The molecule has 1 atom stereocenters. The lowest BCUT2D eigenvalue weighted by Crippen LogP contribution is -2.42. The normalized spacial score (nSPS) is 16.1. The third kappa shape index (κ3) is 2.45. The number of hydrogen-bond donors (Lipinski definition) is 1. The number of furan rings is 1. The number of hydrogen-bond acceptors (Lipinski definition) is 4. The van der Waals surface area contributed by atoms with Crippen LogP contribution in [0.3, 0.4) is 0 Å². The fraction of sp³-hybridized carbons (Fsp3) is 0.200. The highest BCUT2D eigenvalue weighted by Crippen LogP contribution is 2.36. The van der Waals surface area contributed by atoms with Gasteiger partial charge in [-0.15, -0.1) is 0 Å². The summed E-state index contributed by atoms with van der Waals surface area (Å²) in [5, 5.41) is 12.8. The molecule has 3 heterocycles. The highest BCUT2D eigenvalue weighted by atomic mass is 16.3. The number of aromatic nitrogens is 1. The molecule has 1 aliphatic rings. The monoisotopic (exact) mass is 346 g/mol. The van der Waals surface area contributed by atoms with E-state index in [-0.39, 0.29) is 12.1 Å². The first-order chi connectivity index (χ1) is 12.6. The number of nitrogens with zero attached hydrogens (tertiary/aromatic N) is 3. The van der Waals surface area contributed by atoms with Gasteiger partial charge in [0.1, 0.15) is 23.7 Å². The van der Waals surface area contributed by atoms with Gasteiger partial charge < -0.3 is 19.2 Å². The average molecular weight is 346 g/mol. The Kier molecular flexibility index (Phi) is 3.77. The number of benzene rings is 1. The number of amides is 1. The summed E-state index contributed by atoms with van der Waals surface area (Å²) in [5.41, 5.74) is 3.82. The lowest BCUT2D eigenvalue weighted by Gasteiger charge is -2.37. The molecule has 0 radical (unpaired) electrons. The van der Waals surface area contributed by atoms with Crippen LogP contribution in [0.4, 0.5) is 5.69 Å². The van der Waals surface area contributed by atoms with Gasteiger partial charge in [0.15, 0.2) is 0 Å². The number of anilines is 1. The summed E-state index contributed by atoms with van der Waals surface area (Å²) in [6.45, 7) is 2.29. The van der Waals surface area contributed by atoms with Crippen molar-refractivity contribution < 1.29 is 9.21 Å². The third-order valence-electron chi connectivity index (χ3n) is 4.91. The molecule has 0 spiro atoms. The minimum atomic E-state index is -0.379. The Bertz CT molecular complexity index is 1010. The van der Waals surface area contributed by atoms with E-state index >= 15 is 0 Å². The van der Waals surface area contributed by atoms with E-state index in [1.165, 1.54) is 0 Å². The van der Waals surface area contributed by atoms with Gasteiger partial charge in [0.05, 0.1) is 18.4 Å². The maximum Gasteiger partial charge on any atom is 0.258 e. The second kappa shape index (κ2) is 6.12. The van der Waals surface area contributed by atoms with Gasteiger partial charge in [0, 0.05) is 24.0 Å². The largest absolute Gasteiger partial charge is 0.467 e. The Morgan fingerprint density at radius 2 is 2.08 bits per heavy atom. The number of rotatable bonds is 3. The van der Waals surface area contributed by atoms with E-state index in [1.807, 2.05) is 61.0 Å². The van der Waals surface area contributed by atoms with Crippen LogP contribution in [0.25, 0.3) is 0 Å². The first kappa shape index (κ1) is 16.0. The Morgan fingerprint density at radius 3 is 2.77 bits per heavy atom. The second-order valence-corrected chi connectivity index (χ2v) is 6.35. The van der Waals surface area contributed by atoms with Crippen molar-refractivity contribution in [3.8, 4) is 6.07 Å². The van der Waals surface area contributed by atoms with Gasteiger partial charge in [-0.05, 0) is 37.3 Å². The molecule has 1 aromatic carbocycles. The predicted molar refractivity (Wildman–Crippen MR) is 96.3 cm³/mol. The molecule has 0 unspecified atom stereocenters. The molecule has 1 N–H and O–H groups in total. The maximum absolute atomic E-state index is 13.2. The van der Waals surface area contributed by atoms with Crippen molar-refractivity contribution >= 4 is 11.6 Å². The van der Waals surface area contributed by atoms with Crippen LogP contribution in [0, 0.1) is 18.3 Å². The molecule has 1 aliphatic heterocycles. The Labute approximate surface area is 151 Å². The van der Waals surface area contributed by atoms with Gasteiger partial charge in [-0.3, -0.25) is 4.79 Å². The zero-order valence-electron chi connectivity index (χ0n) is 14.6. The van der Waals surface area contributed by atoms with Gasteiger partial charge in [-0.2, -0.15) is 5.26 Å². The van der Waals surface area contributed by atoms with Crippen LogP contribution in [0.2, 0.25) is 0 Å². The highest BCUT2D eigenvalue weighted by molar-refractivity contribution is 6.01. The van der Waals surface area contributed by atoms with E-state index in [0.29, 0.717) is 23.6 Å². The van der Waals surface area contributed by atoms with E-state index in [1.54, 1.807) is 11.2 Å². The van der Waals surface area contributed by atoms with Crippen molar-refractivity contribution in [1.29, 1.82) is 5.26 Å². The van der Waals surface area contributed by atoms with Crippen molar-refractivity contribution in [2.75, 3.05) is 5.32 Å². The van der Waals surface area contributed by atoms with E-state index in [0.717, 1.165) is 16.9 Å². The summed E-state index contributed by atoms with van der Waals surface area (Å²) < 4.78 is 7.30. The van der Waals surface area contributed by atoms with Crippen LogP contribution in [-0.4, -0.2) is 15.4 Å².